The standard InChI is InChI=1S/C16H19BrN2O/c1-2-20-16-10-6-9-15(18-16)19(12-11-17)13-14-7-4-3-5-8-14/h3-10H,2,11-13H2,1H3. The van der Waals surface area contributed by atoms with E-state index in [9.17, 15) is 0 Å². The molecule has 0 bridgehead atoms. The molecular formula is C16H19BrN2O. The molecule has 0 aliphatic rings. The molecule has 0 aliphatic carbocycles. The number of halogens is 1. The predicted molar refractivity (Wildman–Crippen MR) is 86.7 cm³/mol. The Morgan fingerprint density at radius 3 is 2.60 bits per heavy atom. The van der Waals surface area contributed by atoms with Crippen molar-refractivity contribution >= 4 is 21.7 Å². The van der Waals surface area contributed by atoms with Crippen molar-refractivity contribution in [1.29, 1.82) is 0 Å². The molecule has 0 amide bonds. The summed E-state index contributed by atoms with van der Waals surface area (Å²) in [6, 6.07) is 16.3. The molecule has 0 spiro atoms. The Hall–Kier alpha value is -1.55. The molecule has 106 valence electrons. The third kappa shape index (κ3) is 4.23. The van der Waals surface area contributed by atoms with E-state index in [0.717, 1.165) is 24.2 Å². The van der Waals surface area contributed by atoms with Crippen LogP contribution >= 0.6 is 15.9 Å². The van der Waals surface area contributed by atoms with Crippen molar-refractivity contribution in [3.63, 3.8) is 0 Å². The van der Waals surface area contributed by atoms with Crippen molar-refractivity contribution in [2.45, 2.75) is 13.5 Å². The van der Waals surface area contributed by atoms with Gasteiger partial charge in [0.15, 0.2) is 0 Å². The minimum atomic E-state index is 0.633. The van der Waals surface area contributed by atoms with Gasteiger partial charge in [0.25, 0.3) is 0 Å². The van der Waals surface area contributed by atoms with Gasteiger partial charge < -0.3 is 9.64 Å². The molecular weight excluding hydrogens is 316 g/mol. The molecule has 0 fully saturated rings. The van der Waals surface area contributed by atoms with Gasteiger partial charge in [-0.15, -0.1) is 0 Å². The molecule has 1 aromatic heterocycles. The lowest BCUT2D eigenvalue weighted by Crippen LogP contribution is -2.25. The Morgan fingerprint density at radius 1 is 1.10 bits per heavy atom. The van der Waals surface area contributed by atoms with Crippen LogP contribution in [0.1, 0.15) is 12.5 Å². The Balaban J connectivity index is 2.17. The van der Waals surface area contributed by atoms with Gasteiger partial charge in [0.2, 0.25) is 5.88 Å². The van der Waals surface area contributed by atoms with Gasteiger partial charge >= 0.3 is 0 Å². The van der Waals surface area contributed by atoms with Gasteiger partial charge in [-0.3, -0.25) is 0 Å². The van der Waals surface area contributed by atoms with Crippen molar-refractivity contribution in [3.8, 4) is 5.88 Å². The zero-order chi connectivity index (χ0) is 14.2. The minimum absolute atomic E-state index is 0.633. The molecule has 0 radical (unpaired) electrons. The summed E-state index contributed by atoms with van der Waals surface area (Å²) in [6.07, 6.45) is 0. The van der Waals surface area contributed by atoms with E-state index < -0.39 is 0 Å². The molecule has 0 saturated heterocycles. The highest BCUT2D eigenvalue weighted by Crippen LogP contribution is 2.18. The van der Waals surface area contributed by atoms with Gasteiger partial charge in [0.05, 0.1) is 6.61 Å². The van der Waals surface area contributed by atoms with E-state index in [1.165, 1.54) is 5.56 Å². The maximum Gasteiger partial charge on any atom is 0.215 e. The quantitative estimate of drug-likeness (QED) is 0.718. The second-order valence-electron chi connectivity index (χ2n) is 4.36. The van der Waals surface area contributed by atoms with E-state index in [1.807, 2.05) is 31.2 Å². The first-order valence-electron chi connectivity index (χ1n) is 6.78. The van der Waals surface area contributed by atoms with Crippen molar-refractivity contribution in [1.82, 2.24) is 4.98 Å². The molecule has 3 nitrogen and oxygen atoms in total. The SMILES string of the molecule is CCOc1cccc(N(CCBr)Cc2ccccc2)n1. The smallest absolute Gasteiger partial charge is 0.215 e. The Labute approximate surface area is 128 Å². The van der Waals surface area contributed by atoms with Crippen LogP contribution in [0.3, 0.4) is 0 Å². The van der Waals surface area contributed by atoms with Crippen LogP contribution in [-0.2, 0) is 6.54 Å². The third-order valence-electron chi connectivity index (χ3n) is 2.90. The van der Waals surface area contributed by atoms with Gasteiger partial charge in [-0.2, -0.15) is 4.98 Å². The number of hydrogen-bond acceptors (Lipinski definition) is 3. The zero-order valence-electron chi connectivity index (χ0n) is 11.6. The Morgan fingerprint density at radius 2 is 1.90 bits per heavy atom. The molecule has 2 rings (SSSR count). The first kappa shape index (κ1) is 14.9. The first-order chi connectivity index (χ1) is 9.83. The number of anilines is 1. The van der Waals surface area contributed by atoms with Crippen LogP contribution in [0.25, 0.3) is 0 Å². The Bertz CT molecular complexity index is 519. The van der Waals surface area contributed by atoms with Crippen LogP contribution in [0.15, 0.2) is 48.5 Å². The van der Waals surface area contributed by atoms with Gasteiger partial charge in [-0.1, -0.05) is 52.3 Å². The topological polar surface area (TPSA) is 25.4 Å². The predicted octanol–water partition coefficient (Wildman–Crippen LogP) is 3.88. The number of rotatable bonds is 7. The fourth-order valence-corrected chi connectivity index (χ4v) is 2.42. The highest BCUT2D eigenvalue weighted by Gasteiger charge is 2.09. The number of pyridine rings is 1. The summed E-state index contributed by atoms with van der Waals surface area (Å²) in [4.78, 5) is 6.80. The van der Waals surface area contributed by atoms with E-state index in [1.54, 1.807) is 0 Å². The van der Waals surface area contributed by atoms with Crippen LogP contribution in [0.5, 0.6) is 5.88 Å². The van der Waals surface area contributed by atoms with Crippen molar-refractivity contribution in [3.05, 3.63) is 54.1 Å². The van der Waals surface area contributed by atoms with Crippen LogP contribution in [0.2, 0.25) is 0 Å². The largest absolute Gasteiger partial charge is 0.478 e. The molecule has 0 aliphatic heterocycles. The fraction of sp³-hybridized carbons (Fsp3) is 0.312. The molecule has 2 aromatic rings. The second-order valence-corrected chi connectivity index (χ2v) is 5.16. The average molecular weight is 335 g/mol. The summed E-state index contributed by atoms with van der Waals surface area (Å²) >= 11 is 3.51. The molecule has 0 unspecified atom stereocenters. The monoisotopic (exact) mass is 334 g/mol. The van der Waals surface area contributed by atoms with Crippen molar-refractivity contribution in [2.75, 3.05) is 23.4 Å². The minimum Gasteiger partial charge on any atom is -0.478 e. The second kappa shape index (κ2) is 7.90. The Kier molecular flexibility index (Phi) is 5.87. The molecule has 0 atom stereocenters. The van der Waals surface area contributed by atoms with Crippen LogP contribution in [-0.4, -0.2) is 23.5 Å². The number of hydrogen-bond donors (Lipinski definition) is 0. The zero-order valence-corrected chi connectivity index (χ0v) is 13.2. The highest BCUT2D eigenvalue weighted by atomic mass is 79.9. The lowest BCUT2D eigenvalue weighted by Gasteiger charge is -2.23. The van der Waals surface area contributed by atoms with Gasteiger partial charge in [0, 0.05) is 24.5 Å². The van der Waals surface area contributed by atoms with E-state index in [4.69, 9.17) is 4.74 Å². The number of aromatic nitrogens is 1. The summed E-state index contributed by atoms with van der Waals surface area (Å²) in [5.74, 6) is 1.62. The van der Waals surface area contributed by atoms with E-state index in [0.29, 0.717) is 12.5 Å². The molecule has 4 heteroatoms. The summed E-state index contributed by atoms with van der Waals surface area (Å²) in [7, 11) is 0. The number of alkyl halides is 1. The molecule has 1 aromatic carbocycles. The first-order valence-corrected chi connectivity index (χ1v) is 7.90. The van der Waals surface area contributed by atoms with Crippen LogP contribution in [0.4, 0.5) is 5.82 Å². The highest BCUT2D eigenvalue weighted by molar-refractivity contribution is 9.09. The van der Waals surface area contributed by atoms with E-state index in [2.05, 4.69) is 50.1 Å². The molecule has 1 heterocycles. The summed E-state index contributed by atoms with van der Waals surface area (Å²) < 4.78 is 5.48. The number of nitrogens with zero attached hydrogens (tertiary/aromatic N) is 2. The van der Waals surface area contributed by atoms with Crippen molar-refractivity contribution in [2.24, 2.45) is 0 Å². The molecule has 0 N–H and O–H groups in total. The van der Waals surface area contributed by atoms with Gasteiger partial charge in [0.1, 0.15) is 5.82 Å². The fourth-order valence-electron chi connectivity index (χ4n) is 1.99. The van der Waals surface area contributed by atoms with Gasteiger partial charge in [-0.05, 0) is 18.6 Å². The maximum atomic E-state index is 5.48. The third-order valence-corrected chi connectivity index (χ3v) is 3.25. The molecule has 0 saturated carbocycles. The molecule has 20 heavy (non-hydrogen) atoms. The normalized spacial score (nSPS) is 10.3. The summed E-state index contributed by atoms with van der Waals surface area (Å²) in [6.45, 7) is 4.34. The summed E-state index contributed by atoms with van der Waals surface area (Å²) in [5, 5.41) is 0.903. The van der Waals surface area contributed by atoms with E-state index >= 15 is 0 Å². The maximum absolute atomic E-state index is 5.48. The number of benzene rings is 1. The summed E-state index contributed by atoms with van der Waals surface area (Å²) in [5.41, 5.74) is 1.28. The van der Waals surface area contributed by atoms with Gasteiger partial charge in [-0.25, -0.2) is 0 Å². The lowest BCUT2D eigenvalue weighted by atomic mass is 10.2. The van der Waals surface area contributed by atoms with Crippen LogP contribution in [0, 0.1) is 0 Å². The lowest BCUT2D eigenvalue weighted by molar-refractivity contribution is 0.327. The number of ether oxygens (including phenoxy) is 1. The van der Waals surface area contributed by atoms with Crippen LogP contribution < -0.4 is 9.64 Å². The van der Waals surface area contributed by atoms with E-state index in [-0.39, 0.29) is 0 Å². The van der Waals surface area contributed by atoms with Crippen molar-refractivity contribution < 1.29 is 4.74 Å². The average Bonchev–Trinajstić information content (AvgIpc) is 2.49.